The summed E-state index contributed by atoms with van der Waals surface area (Å²) in [4.78, 5) is 3.62. The van der Waals surface area contributed by atoms with Gasteiger partial charge in [-0.05, 0) is 0 Å². The minimum atomic E-state index is -2.58. The fourth-order valence-corrected chi connectivity index (χ4v) is 51.3. The standard InChI is InChI=1S/C32H52S2.6C4H9.2Sn/c1-3-5-7-9-11-13-15-17-19-21-23-29-25-27-33-31(29)32-30(26-28-34-32)24-22-20-18-16-14-12-10-8-6-4-2;6*1-3-4-2;;/h25-26H,3-24H2,1-2H3;6*1,3-4H2,2H3;;. The van der Waals surface area contributed by atoms with Crippen LogP contribution in [-0.4, -0.2) is 36.8 Å². The van der Waals surface area contributed by atoms with Crippen LogP contribution < -0.4 is 5.79 Å². The Bertz CT molecular complexity index is 1120. The third kappa shape index (κ3) is 22.0. The van der Waals surface area contributed by atoms with Gasteiger partial charge >= 0.3 is 359 Å². The second kappa shape index (κ2) is 37.1. The average molecular weight is 1080 g/mol. The van der Waals surface area contributed by atoms with Crippen molar-refractivity contribution in [2.24, 2.45) is 0 Å². The molecule has 0 bridgehead atoms. The molecule has 0 aliphatic rings. The molecule has 350 valence electrons. The summed E-state index contributed by atoms with van der Waals surface area (Å²) in [5, 5.41) is 0. The second-order valence-electron chi connectivity index (χ2n) is 20.0. The molecule has 4 heteroatoms. The first-order chi connectivity index (χ1) is 29.4. The fourth-order valence-electron chi connectivity index (χ4n) is 10.3. The summed E-state index contributed by atoms with van der Waals surface area (Å²) in [5.74, 6) is 0. The number of rotatable bonds is 43. The molecule has 2 heterocycles. The van der Waals surface area contributed by atoms with Crippen molar-refractivity contribution in [2.75, 3.05) is 0 Å². The molecule has 0 radical (unpaired) electrons. The summed E-state index contributed by atoms with van der Waals surface area (Å²) in [6.07, 6.45) is 48.5. The number of hydrogen-bond donors (Lipinski definition) is 0. The van der Waals surface area contributed by atoms with Crippen molar-refractivity contribution in [3.8, 4) is 9.75 Å². The Kier molecular flexibility index (Phi) is 35.3. The molecule has 60 heavy (non-hydrogen) atoms. The van der Waals surface area contributed by atoms with Gasteiger partial charge in [-0.2, -0.15) is 0 Å². The van der Waals surface area contributed by atoms with Gasteiger partial charge < -0.3 is 0 Å². The van der Waals surface area contributed by atoms with Gasteiger partial charge in [-0.15, -0.1) is 0 Å². The topological polar surface area (TPSA) is 0 Å². The average Bonchev–Trinajstić information content (AvgIpc) is 3.90. The molecule has 2 rings (SSSR count). The van der Waals surface area contributed by atoms with Crippen LogP contribution in [0.25, 0.3) is 9.75 Å². The number of thiophene rings is 2. The summed E-state index contributed by atoms with van der Waals surface area (Å²) in [5.41, 5.74) is 3.63. The van der Waals surface area contributed by atoms with Crippen LogP contribution in [0.1, 0.15) is 272 Å². The van der Waals surface area contributed by atoms with Gasteiger partial charge in [0.2, 0.25) is 0 Å². The van der Waals surface area contributed by atoms with E-state index in [0.717, 1.165) is 0 Å². The Morgan fingerprint density at radius 2 is 0.500 bits per heavy atom. The van der Waals surface area contributed by atoms with Gasteiger partial charge in [0, 0.05) is 0 Å². The summed E-state index contributed by atoms with van der Waals surface area (Å²) < 4.78 is 13.7. The fraction of sp³-hybridized carbons (Fsp3) is 0.857. The zero-order valence-electron chi connectivity index (χ0n) is 42.3. The van der Waals surface area contributed by atoms with E-state index in [0.29, 0.717) is 0 Å². The second-order valence-corrected chi connectivity index (χ2v) is 50.4. The molecule has 0 aliphatic heterocycles. The first kappa shape index (κ1) is 57.1. The number of hydrogen-bond acceptors (Lipinski definition) is 2. The van der Waals surface area contributed by atoms with E-state index in [1.165, 1.54) is 218 Å². The van der Waals surface area contributed by atoms with Crippen LogP contribution >= 0.6 is 22.7 Å². The summed E-state index contributed by atoms with van der Waals surface area (Å²) >= 11 is -0.292. The van der Waals surface area contributed by atoms with Gasteiger partial charge in [-0.3, -0.25) is 0 Å². The predicted molar refractivity (Wildman–Crippen MR) is 288 cm³/mol. The Hall–Kier alpha value is 0.997. The minimum absolute atomic E-state index is 1.33. The van der Waals surface area contributed by atoms with Crippen LogP contribution in [0.4, 0.5) is 0 Å². The first-order valence-corrected chi connectivity index (χ1v) is 44.3. The monoisotopic (exact) mass is 1080 g/mol. The number of aryl methyl sites for hydroxylation is 2. The van der Waals surface area contributed by atoms with Gasteiger partial charge in [-0.1, -0.05) is 39.5 Å². The van der Waals surface area contributed by atoms with Crippen LogP contribution in [0.5, 0.6) is 0 Å². The van der Waals surface area contributed by atoms with Crippen molar-refractivity contribution in [1.29, 1.82) is 0 Å². The van der Waals surface area contributed by atoms with E-state index < -0.39 is 36.8 Å². The van der Waals surface area contributed by atoms with Gasteiger partial charge in [0.15, 0.2) is 0 Å². The Morgan fingerprint density at radius 3 is 0.733 bits per heavy atom. The molecule has 0 saturated heterocycles. The van der Waals surface area contributed by atoms with E-state index >= 15 is 0 Å². The number of unbranched alkanes of at least 4 members (excludes halogenated alkanes) is 24. The maximum absolute atomic E-state index is 2.95. The molecule has 0 atom stereocenters. The zero-order valence-corrected chi connectivity index (χ0v) is 49.6. The normalized spacial score (nSPS) is 12.3. The van der Waals surface area contributed by atoms with Crippen LogP contribution in [-0.2, 0) is 12.8 Å². The molecule has 0 aromatic carbocycles. The maximum atomic E-state index is 2.95. The molecule has 0 nitrogen and oxygen atoms in total. The summed E-state index contributed by atoms with van der Waals surface area (Å²) in [6.45, 7) is 19.5. The molecule has 2 aromatic heterocycles. The van der Waals surface area contributed by atoms with Crippen LogP contribution in [0.15, 0.2) is 12.1 Å². The third-order valence-electron chi connectivity index (χ3n) is 14.5. The van der Waals surface area contributed by atoms with E-state index in [9.17, 15) is 0 Å². The molecule has 0 amide bonds. The summed E-state index contributed by atoms with van der Waals surface area (Å²) in [6, 6.07) is 5.91. The molecule has 0 saturated carbocycles. The Morgan fingerprint density at radius 1 is 0.283 bits per heavy atom. The van der Waals surface area contributed by atoms with E-state index in [1.54, 1.807) is 26.6 Å². The van der Waals surface area contributed by atoms with Crippen molar-refractivity contribution in [3.63, 3.8) is 0 Å². The molecule has 2 aromatic rings. The molecule has 0 unspecified atom stereocenters. The van der Waals surface area contributed by atoms with Gasteiger partial charge in [-0.25, -0.2) is 0 Å². The van der Waals surface area contributed by atoms with Crippen LogP contribution in [0.3, 0.4) is 0 Å². The van der Waals surface area contributed by atoms with E-state index in [-0.39, 0.29) is 0 Å². The Balaban J connectivity index is 2.62. The first-order valence-electron chi connectivity index (χ1n) is 27.7. The third-order valence-corrected chi connectivity index (χ3v) is 53.5. The molecule has 0 fully saturated rings. The van der Waals surface area contributed by atoms with Crippen molar-refractivity contribution in [2.45, 2.75) is 300 Å². The molecule has 0 N–H and O–H groups in total. The zero-order chi connectivity index (χ0) is 43.6. The molecule has 0 aliphatic carbocycles. The van der Waals surface area contributed by atoms with Gasteiger partial charge in [0.05, 0.1) is 0 Å². The van der Waals surface area contributed by atoms with E-state index in [4.69, 9.17) is 0 Å². The van der Waals surface area contributed by atoms with Crippen LogP contribution in [0.2, 0.25) is 26.6 Å². The minimum Gasteiger partial charge on any atom is -0.0654 e. The van der Waals surface area contributed by atoms with Crippen molar-refractivity contribution in [3.05, 3.63) is 23.3 Å². The molecular weight excluding hydrogens is 974 g/mol. The molecular formula is C56H106S2Sn2. The Labute approximate surface area is 395 Å². The SMILES string of the molecule is CCCCCCCCCCCCc1c[c]([Sn]([CH2]CCC)([CH2]CCC)[CH2]CCC)sc1-c1s[c]([Sn]([CH2]CCC)([CH2]CCC)[CH2]CCC)cc1CCCCCCCCCCCC. The van der Waals surface area contributed by atoms with Gasteiger partial charge in [0.1, 0.15) is 0 Å². The van der Waals surface area contributed by atoms with E-state index in [2.05, 4.69) is 90.2 Å². The van der Waals surface area contributed by atoms with Crippen molar-refractivity contribution < 1.29 is 0 Å². The van der Waals surface area contributed by atoms with Crippen LogP contribution in [0, 0.1) is 0 Å². The van der Waals surface area contributed by atoms with Crippen molar-refractivity contribution in [1.82, 2.24) is 0 Å². The van der Waals surface area contributed by atoms with Gasteiger partial charge in [0.25, 0.3) is 0 Å². The predicted octanol–water partition coefficient (Wildman–Crippen LogP) is 20.5. The van der Waals surface area contributed by atoms with Crippen molar-refractivity contribution >= 4 is 65.2 Å². The summed E-state index contributed by atoms with van der Waals surface area (Å²) in [7, 11) is 0. The molecule has 0 spiro atoms. The van der Waals surface area contributed by atoms with E-state index in [1.807, 2.05) is 26.7 Å². The quantitative estimate of drug-likeness (QED) is 0.0459. The smallest absolute Gasteiger partial charge is 0.0654 e.